The highest BCUT2D eigenvalue weighted by atomic mass is 19.1. The topological polar surface area (TPSA) is 146 Å². The summed E-state index contributed by atoms with van der Waals surface area (Å²) in [5, 5.41) is 11.7. The van der Waals surface area contributed by atoms with E-state index in [1.165, 1.54) is 0 Å². The summed E-state index contributed by atoms with van der Waals surface area (Å²) in [6.45, 7) is 0. The molecule has 0 radical (unpaired) electrons. The van der Waals surface area contributed by atoms with Crippen molar-refractivity contribution in [2.75, 3.05) is 15.6 Å². The lowest BCUT2D eigenvalue weighted by Gasteiger charge is -2.30. The van der Waals surface area contributed by atoms with Gasteiger partial charge in [-0.05, 0) is 37.1 Å². The van der Waals surface area contributed by atoms with E-state index in [1.807, 2.05) is 18.2 Å². The molecule has 1 fully saturated rings. The molecule has 1 aromatic heterocycles. The van der Waals surface area contributed by atoms with Gasteiger partial charge in [0, 0.05) is 17.8 Å². The summed E-state index contributed by atoms with van der Waals surface area (Å²) in [6.07, 6.45) is 5.36. The number of aromatic nitrogens is 1. The van der Waals surface area contributed by atoms with Crippen molar-refractivity contribution in [2.24, 2.45) is 16.6 Å². The van der Waals surface area contributed by atoms with Crippen LogP contribution in [-0.4, -0.2) is 29.3 Å². The molecular formula is C19H24FN9O. The maximum Gasteiger partial charge on any atom is 0.252 e. The summed E-state index contributed by atoms with van der Waals surface area (Å²) >= 11 is 0. The molecule has 2 heterocycles. The zero-order valence-electron chi connectivity index (χ0n) is 16.2. The van der Waals surface area contributed by atoms with Crippen LogP contribution in [0.2, 0.25) is 0 Å². The predicted octanol–water partition coefficient (Wildman–Crippen LogP) is 1.52. The number of nitrogens with two attached hydrogens (primary N) is 2. The van der Waals surface area contributed by atoms with E-state index in [4.69, 9.17) is 11.5 Å². The first kappa shape index (κ1) is 19.9. The van der Waals surface area contributed by atoms with E-state index >= 15 is 0 Å². The second-order valence-electron chi connectivity index (χ2n) is 7.29. The third kappa shape index (κ3) is 4.26. The molecule has 30 heavy (non-hydrogen) atoms. The molecule has 0 spiro atoms. The number of carbonyl (C=O) groups excluding carboxylic acids is 1. The van der Waals surface area contributed by atoms with Crippen LogP contribution in [0.4, 0.5) is 27.4 Å². The number of anilines is 4. The number of nitrogens with one attached hydrogen (secondary N) is 4. The lowest BCUT2D eigenvalue weighted by Crippen LogP contribution is -2.43. The maximum absolute atomic E-state index is 14.6. The fourth-order valence-corrected chi connectivity index (χ4v) is 3.59. The van der Waals surface area contributed by atoms with Crippen LogP contribution in [-0.2, 0) is 0 Å². The molecule has 8 N–H and O–H groups in total. The number of rotatable bonds is 6. The second-order valence-corrected chi connectivity index (χ2v) is 7.29. The van der Waals surface area contributed by atoms with Crippen LogP contribution in [0, 0.1) is 5.82 Å². The normalized spacial score (nSPS) is 20.7. The minimum absolute atomic E-state index is 0.0403. The van der Waals surface area contributed by atoms with Gasteiger partial charge in [0.05, 0.1) is 11.3 Å². The van der Waals surface area contributed by atoms with Gasteiger partial charge in [-0.3, -0.25) is 4.79 Å². The molecule has 1 amide bonds. The molecule has 0 saturated heterocycles. The monoisotopic (exact) mass is 413 g/mol. The summed E-state index contributed by atoms with van der Waals surface area (Å²) in [7, 11) is 0. The van der Waals surface area contributed by atoms with Gasteiger partial charge in [-0.2, -0.15) is 5.10 Å². The molecule has 1 aromatic carbocycles. The molecular weight excluding hydrogens is 389 g/mol. The number of benzene rings is 1. The fraction of sp³-hybridized carbons (Fsp3) is 0.316. The van der Waals surface area contributed by atoms with Crippen LogP contribution in [0.25, 0.3) is 0 Å². The number of hydrazone groups is 1. The van der Waals surface area contributed by atoms with Crippen LogP contribution >= 0.6 is 0 Å². The van der Waals surface area contributed by atoms with Gasteiger partial charge in [0.15, 0.2) is 11.6 Å². The third-order valence-corrected chi connectivity index (χ3v) is 5.18. The van der Waals surface area contributed by atoms with Gasteiger partial charge in [0.2, 0.25) is 0 Å². The molecule has 2 atom stereocenters. The van der Waals surface area contributed by atoms with Crippen LogP contribution in [0.15, 0.2) is 35.4 Å². The van der Waals surface area contributed by atoms with Crippen LogP contribution in [0.5, 0.6) is 0 Å². The second kappa shape index (κ2) is 8.51. The Balaban J connectivity index is 1.62. The van der Waals surface area contributed by atoms with Crippen molar-refractivity contribution in [3.63, 3.8) is 0 Å². The molecule has 10 nitrogen and oxygen atoms in total. The van der Waals surface area contributed by atoms with Gasteiger partial charge in [0.25, 0.3) is 5.91 Å². The molecule has 0 unspecified atom stereocenters. The zero-order valence-corrected chi connectivity index (χ0v) is 16.2. The van der Waals surface area contributed by atoms with E-state index in [0.717, 1.165) is 37.4 Å². The van der Waals surface area contributed by atoms with Gasteiger partial charge in [0.1, 0.15) is 12.2 Å². The molecule has 1 aliphatic carbocycles. The number of amides is 1. The van der Waals surface area contributed by atoms with E-state index in [0.29, 0.717) is 5.69 Å². The first-order valence-corrected chi connectivity index (χ1v) is 9.74. The molecule has 158 valence electrons. The van der Waals surface area contributed by atoms with Crippen LogP contribution in [0.3, 0.4) is 0 Å². The van der Waals surface area contributed by atoms with Crippen molar-refractivity contribution >= 4 is 35.3 Å². The van der Waals surface area contributed by atoms with Crippen molar-refractivity contribution in [1.29, 1.82) is 0 Å². The van der Waals surface area contributed by atoms with E-state index in [9.17, 15) is 9.18 Å². The molecule has 11 heteroatoms. The van der Waals surface area contributed by atoms with Crippen molar-refractivity contribution in [2.45, 2.75) is 37.8 Å². The molecule has 2 aliphatic rings. The van der Waals surface area contributed by atoms with Crippen molar-refractivity contribution in [3.8, 4) is 0 Å². The minimum atomic E-state index is -0.779. The average molecular weight is 413 g/mol. The molecule has 1 saturated carbocycles. The number of primary amides is 1. The van der Waals surface area contributed by atoms with Crippen LogP contribution in [0.1, 0.15) is 36.0 Å². The summed E-state index contributed by atoms with van der Waals surface area (Å²) in [6, 6.07) is 8.23. The summed E-state index contributed by atoms with van der Waals surface area (Å²) < 4.78 is 14.6. The van der Waals surface area contributed by atoms with Crippen molar-refractivity contribution in [1.82, 2.24) is 16.1 Å². The van der Waals surface area contributed by atoms with Crippen molar-refractivity contribution < 1.29 is 9.18 Å². The maximum atomic E-state index is 14.6. The van der Waals surface area contributed by atoms with E-state index in [-0.39, 0.29) is 29.3 Å². The molecule has 4 rings (SSSR count). The van der Waals surface area contributed by atoms with Gasteiger partial charge in [-0.25, -0.2) is 19.9 Å². The number of hydrogen-bond acceptors (Lipinski definition) is 9. The molecule has 1 aliphatic heterocycles. The Morgan fingerprint density at radius 3 is 2.80 bits per heavy atom. The number of hydrazine groups is 2. The summed E-state index contributed by atoms with van der Waals surface area (Å²) in [4.78, 5) is 16.2. The smallest absolute Gasteiger partial charge is 0.252 e. The number of nitrogens with zero attached hydrogens (tertiary/aromatic N) is 3. The average Bonchev–Trinajstić information content (AvgIpc) is 3.27. The first-order valence-electron chi connectivity index (χ1n) is 9.74. The quantitative estimate of drug-likeness (QED) is 0.418. The lowest BCUT2D eigenvalue weighted by molar-refractivity contribution is 0.100. The Morgan fingerprint density at radius 2 is 2.07 bits per heavy atom. The number of hydrogen-bond donors (Lipinski definition) is 6. The number of pyridine rings is 1. The summed E-state index contributed by atoms with van der Waals surface area (Å²) in [5.41, 5.74) is 18.4. The first-order chi connectivity index (χ1) is 14.5. The Bertz CT molecular complexity index is 967. The SMILES string of the molecule is NC(=O)c1cc(F)c(N[C@@H]2CCCC[C@@H]2N)nc1Nc1cccc(N2C=NNN2)c1. The fourth-order valence-electron chi connectivity index (χ4n) is 3.59. The van der Waals surface area contributed by atoms with Crippen molar-refractivity contribution in [3.05, 3.63) is 41.7 Å². The van der Waals surface area contributed by atoms with Gasteiger partial charge in [-0.1, -0.05) is 18.9 Å². The molecule has 0 bridgehead atoms. The standard InChI is InChI=1S/C19H24FN9O/c20-14-9-13(17(22)30)18(26-19(14)25-16-7-2-1-6-15(16)21)24-11-4-3-5-12(8-11)29-10-23-27-28-29/h3-5,8-10,15-16,27-28H,1-2,6-7,21H2,(H2,22,30)(H2,24,25,26)/t15-,16+/m0/s1. The highest BCUT2D eigenvalue weighted by molar-refractivity contribution is 5.98. The lowest BCUT2D eigenvalue weighted by atomic mass is 9.91. The zero-order chi connectivity index (χ0) is 21.1. The largest absolute Gasteiger partial charge is 0.365 e. The Morgan fingerprint density at radius 1 is 1.23 bits per heavy atom. The van der Waals surface area contributed by atoms with Gasteiger partial charge in [-0.15, -0.1) is 5.53 Å². The van der Waals surface area contributed by atoms with E-state index < -0.39 is 11.7 Å². The Labute approximate surface area is 172 Å². The predicted molar refractivity (Wildman–Crippen MR) is 114 cm³/mol. The highest BCUT2D eigenvalue weighted by Gasteiger charge is 2.24. The Kier molecular flexibility index (Phi) is 5.63. The Hall–Kier alpha value is -3.44. The number of carbonyl (C=O) groups is 1. The summed E-state index contributed by atoms with van der Waals surface area (Å²) in [5.74, 6) is -1.23. The minimum Gasteiger partial charge on any atom is -0.365 e. The van der Waals surface area contributed by atoms with Crippen LogP contribution < -0.4 is 38.2 Å². The van der Waals surface area contributed by atoms with Gasteiger partial charge >= 0.3 is 0 Å². The highest BCUT2D eigenvalue weighted by Crippen LogP contribution is 2.28. The van der Waals surface area contributed by atoms with Gasteiger partial charge < -0.3 is 22.1 Å². The van der Waals surface area contributed by atoms with E-state index in [2.05, 4.69) is 31.8 Å². The third-order valence-electron chi connectivity index (χ3n) is 5.18. The van der Waals surface area contributed by atoms with E-state index in [1.54, 1.807) is 17.4 Å². The molecule has 2 aromatic rings. The number of halogens is 1.